The van der Waals surface area contributed by atoms with Gasteiger partial charge in [0.05, 0.1) is 13.7 Å². The molecule has 0 aromatic heterocycles. The summed E-state index contributed by atoms with van der Waals surface area (Å²) in [7, 11) is 1.46. The van der Waals surface area contributed by atoms with Crippen LogP contribution in [-0.4, -0.2) is 29.0 Å². The summed E-state index contributed by atoms with van der Waals surface area (Å²) in [5.41, 5.74) is 0.380. The van der Waals surface area contributed by atoms with Gasteiger partial charge in [0.2, 0.25) is 0 Å². The maximum atomic E-state index is 9.32. The molecule has 1 aromatic carbocycles. The molecule has 1 aromatic rings. The Labute approximate surface area is 76.0 Å². The first-order chi connectivity index (χ1) is 6.19. The van der Waals surface area contributed by atoms with Crippen LogP contribution in [0.1, 0.15) is 11.7 Å². The molecule has 0 aliphatic carbocycles. The Morgan fingerprint density at radius 1 is 1.46 bits per heavy atom. The number of aliphatic hydroxyl groups excluding tert-OH is 2. The quantitative estimate of drug-likeness (QED) is 0.637. The Morgan fingerprint density at radius 3 is 2.69 bits per heavy atom. The number of aliphatic hydroxyl groups is 2. The lowest BCUT2D eigenvalue weighted by atomic mass is 10.1. The number of hydrogen-bond donors (Lipinski definition) is 3. The van der Waals surface area contributed by atoms with Crippen LogP contribution in [0.3, 0.4) is 0 Å². The molecule has 1 unspecified atom stereocenters. The topological polar surface area (TPSA) is 69.9 Å². The van der Waals surface area contributed by atoms with Gasteiger partial charge in [-0.15, -0.1) is 0 Å². The summed E-state index contributed by atoms with van der Waals surface area (Å²) >= 11 is 0. The zero-order valence-electron chi connectivity index (χ0n) is 7.27. The highest BCUT2D eigenvalue weighted by Gasteiger charge is 2.12. The van der Waals surface area contributed by atoms with Crippen LogP contribution in [0.15, 0.2) is 18.2 Å². The van der Waals surface area contributed by atoms with E-state index in [0.717, 1.165) is 0 Å². The summed E-state index contributed by atoms with van der Waals surface area (Å²) < 4.78 is 4.94. The average molecular weight is 184 g/mol. The highest BCUT2D eigenvalue weighted by molar-refractivity contribution is 5.40. The van der Waals surface area contributed by atoms with E-state index in [1.54, 1.807) is 0 Å². The summed E-state index contributed by atoms with van der Waals surface area (Å²) in [6.45, 7) is -0.403. The van der Waals surface area contributed by atoms with Crippen molar-refractivity contribution in [2.75, 3.05) is 13.7 Å². The third-order valence-corrected chi connectivity index (χ3v) is 1.75. The second-order valence-electron chi connectivity index (χ2n) is 2.62. The van der Waals surface area contributed by atoms with Crippen molar-refractivity contribution >= 4 is 0 Å². The highest BCUT2D eigenvalue weighted by atomic mass is 16.5. The zero-order chi connectivity index (χ0) is 9.84. The number of phenols is 1. The van der Waals surface area contributed by atoms with Crippen molar-refractivity contribution in [3.8, 4) is 11.5 Å². The third-order valence-electron chi connectivity index (χ3n) is 1.75. The smallest absolute Gasteiger partial charge is 0.125 e. The van der Waals surface area contributed by atoms with E-state index in [-0.39, 0.29) is 5.75 Å². The molecule has 1 atom stereocenters. The van der Waals surface area contributed by atoms with E-state index >= 15 is 0 Å². The summed E-state index contributed by atoms with van der Waals surface area (Å²) in [6, 6.07) is 4.34. The summed E-state index contributed by atoms with van der Waals surface area (Å²) in [4.78, 5) is 0. The normalized spacial score (nSPS) is 12.5. The van der Waals surface area contributed by atoms with Crippen molar-refractivity contribution in [2.45, 2.75) is 6.10 Å². The Kier molecular flexibility index (Phi) is 3.11. The lowest BCUT2D eigenvalue weighted by Crippen LogP contribution is -2.04. The summed E-state index contributed by atoms with van der Waals surface area (Å²) in [6.07, 6.45) is -1.03. The first-order valence-electron chi connectivity index (χ1n) is 3.85. The van der Waals surface area contributed by atoms with E-state index < -0.39 is 12.7 Å². The number of hydrogen-bond acceptors (Lipinski definition) is 4. The molecule has 0 amide bonds. The monoisotopic (exact) mass is 184 g/mol. The van der Waals surface area contributed by atoms with E-state index in [9.17, 15) is 5.11 Å². The minimum Gasteiger partial charge on any atom is -0.508 e. The van der Waals surface area contributed by atoms with Crippen LogP contribution in [-0.2, 0) is 0 Å². The largest absolute Gasteiger partial charge is 0.508 e. The molecule has 4 nitrogen and oxygen atoms in total. The van der Waals surface area contributed by atoms with Gasteiger partial charge in [-0.05, 0) is 18.2 Å². The molecule has 0 bridgehead atoms. The van der Waals surface area contributed by atoms with Crippen molar-refractivity contribution in [3.63, 3.8) is 0 Å². The number of phenolic OH excluding ortho intramolecular Hbond substituents is 1. The Bertz CT molecular complexity index is 285. The van der Waals surface area contributed by atoms with Gasteiger partial charge in [-0.3, -0.25) is 0 Å². The molecule has 4 heteroatoms. The van der Waals surface area contributed by atoms with Gasteiger partial charge >= 0.3 is 0 Å². The number of ether oxygens (including phenoxy) is 1. The van der Waals surface area contributed by atoms with Gasteiger partial charge in [-0.25, -0.2) is 0 Å². The fourth-order valence-corrected chi connectivity index (χ4v) is 1.08. The van der Waals surface area contributed by atoms with Crippen LogP contribution in [0.4, 0.5) is 0 Å². The van der Waals surface area contributed by atoms with Crippen LogP contribution < -0.4 is 4.74 Å². The zero-order valence-corrected chi connectivity index (χ0v) is 7.27. The summed E-state index contributed by atoms with van der Waals surface area (Å²) in [5, 5.41) is 27.2. The van der Waals surface area contributed by atoms with Gasteiger partial charge in [0, 0.05) is 5.56 Å². The average Bonchev–Trinajstić information content (AvgIpc) is 2.16. The molecule has 0 aliphatic rings. The van der Waals surface area contributed by atoms with Crippen LogP contribution >= 0.6 is 0 Å². The highest BCUT2D eigenvalue weighted by Crippen LogP contribution is 2.28. The molecular weight excluding hydrogens is 172 g/mol. The van der Waals surface area contributed by atoms with Gasteiger partial charge in [0.25, 0.3) is 0 Å². The molecular formula is C9H12O4. The fourth-order valence-electron chi connectivity index (χ4n) is 1.08. The van der Waals surface area contributed by atoms with Gasteiger partial charge < -0.3 is 20.1 Å². The molecule has 0 radical (unpaired) electrons. The summed E-state index contributed by atoms with van der Waals surface area (Å²) in [5.74, 6) is 0.475. The van der Waals surface area contributed by atoms with Crippen molar-refractivity contribution in [1.82, 2.24) is 0 Å². The van der Waals surface area contributed by atoms with Crippen LogP contribution in [0.5, 0.6) is 11.5 Å². The Hall–Kier alpha value is -1.26. The third kappa shape index (κ3) is 2.11. The lowest BCUT2D eigenvalue weighted by Gasteiger charge is -2.12. The van der Waals surface area contributed by atoms with E-state index in [1.165, 1.54) is 25.3 Å². The van der Waals surface area contributed by atoms with Gasteiger partial charge in [0.15, 0.2) is 0 Å². The molecule has 0 saturated heterocycles. The van der Waals surface area contributed by atoms with Crippen molar-refractivity contribution in [3.05, 3.63) is 23.8 Å². The van der Waals surface area contributed by atoms with E-state index in [0.29, 0.717) is 11.3 Å². The van der Waals surface area contributed by atoms with E-state index in [2.05, 4.69) is 0 Å². The molecule has 0 saturated carbocycles. The Balaban J connectivity index is 3.07. The molecule has 0 heterocycles. The van der Waals surface area contributed by atoms with Crippen LogP contribution in [0.2, 0.25) is 0 Å². The maximum absolute atomic E-state index is 9.32. The second-order valence-corrected chi connectivity index (χ2v) is 2.62. The minimum absolute atomic E-state index is 0.0308. The van der Waals surface area contributed by atoms with Crippen LogP contribution in [0.25, 0.3) is 0 Å². The van der Waals surface area contributed by atoms with E-state index in [4.69, 9.17) is 14.9 Å². The van der Waals surface area contributed by atoms with Crippen LogP contribution in [0, 0.1) is 0 Å². The minimum atomic E-state index is -1.03. The first kappa shape index (κ1) is 9.83. The first-order valence-corrected chi connectivity index (χ1v) is 3.85. The predicted molar refractivity (Wildman–Crippen MR) is 46.7 cm³/mol. The molecule has 72 valence electrons. The number of methoxy groups -OCH3 is 1. The van der Waals surface area contributed by atoms with Gasteiger partial charge in [0.1, 0.15) is 17.6 Å². The van der Waals surface area contributed by atoms with Gasteiger partial charge in [-0.1, -0.05) is 0 Å². The fraction of sp³-hybridized carbons (Fsp3) is 0.333. The van der Waals surface area contributed by atoms with E-state index in [1.807, 2.05) is 0 Å². The predicted octanol–water partition coefficient (Wildman–Crippen LogP) is 0.426. The SMILES string of the molecule is COc1ccc(O)cc1C(O)CO. The standard InChI is InChI=1S/C9H12O4/c1-13-9-3-2-6(11)4-7(9)8(12)5-10/h2-4,8,10-12H,5H2,1H3. The number of rotatable bonds is 3. The molecule has 13 heavy (non-hydrogen) atoms. The van der Waals surface area contributed by atoms with Crippen molar-refractivity contribution in [1.29, 1.82) is 0 Å². The lowest BCUT2D eigenvalue weighted by molar-refractivity contribution is 0.0931. The molecule has 0 fully saturated rings. The number of benzene rings is 1. The molecule has 0 spiro atoms. The maximum Gasteiger partial charge on any atom is 0.125 e. The Morgan fingerprint density at radius 2 is 2.15 bits per heavy atom. The molecule has 3 N–H and O–H groups in total. The van der Waals surface area contributed by atoms with Crippen molar-refractivity contribution in [2.24, 2.45) is 0 Å². The van der Waals surface area contributed by atoms with Crippen molar-refractivity contribution < 1.29 is 20.1 Å². The second kappa shape index (κ2) is 4.11. The van der Waals surface area contributed by atoms with Gasteiger partial charge in [-0.2, -0.15) is 0 Å². The molecule has 0 aliphatic heterocycles. The number of aromatic hydroxyl groups is 1. The molecule has 1 rings (SSSR count).